The standard InChI is InChI=1S/C7H8FNO.BrH/c8-6-2-1-5(4-9)3-7(6)10;/h1-3,10H,4,9H2;1H. The molecule has 0 spiro atoms. The number of halogens is 2. The van der Waals surface area contributed by atoms with E-state index in [4.69, 9.17) is 10.8 Å². The Kier molecular flexibility index (Phi) is 4.07. The molecule has 4 heteroatoms. The van der Waals surface area contributed by atoms with Crippen LogP contribution in [0.1, 0.15) is 5.56 Å². The Morgan fingerprint density at radius 3 is 2.55 bits per heavy atom. The van der Waals surface area contributed by atoms with E-state index >= 15 is 0 Å². The van der Waals surface area contributed by atoms with Gasteiger partial charge in [-0.3, -0.25) is 0 Å². The first kappa shape index (κ1) is 10.4. The number of hydrogen-bond acceptors (Lipinski definition) is 2. The molecule has 0 aromatic heterocycles. The van der Waals surface area contributed by atoms with Gasteiger partial charge in [0.25, 0.3) is 0 Å². The second-order valence-electron chi connectivity index (χ2n) is 1.99. The lowest BCUT2D eigenvalue weighted by Crippen LogP contribution is -1.95. The number of rotatable bonds is 1. The molecule has 0 aliphatic carbocycles. The van der Waals surface area contributed by atoms with Gasteiger partial charge in [0.2, 0.25) is 0 Å². The van der Waals surface area contributed by atoms with Crippen LogP contribution in [0.5, 0.6) is 5.75 Å². The largest absolute Gasteiger partial charge is 0.505 e. The minimum Gasteiger partial charge on any atom is -0.505 e. The third-order valence-corrected chi connectivity index (χ3v) is 1.25. The number of benzene rings is 1. The zero-order chi connectivity index (χ0) is 7.56. The second kappa shape index (κ2) is 4.31. The average molecular weight is 222 g/mol. The first-order chi connectivity index (χ1) is 4.74. The Balaban J connectivity index is 0.000001000. The van der Waals surface area contributed by atoms with Gasteiger partial charge in [-0.25, -0.2) is 4.39 Å². The van der Waals surface area contributed by atoms with E-state index in [2.05, 4.69) is 0 Å². The van der Waals surface area contributed by atoms with Crippen LogP contribution in [0.25, 0.3) is 0 Å². The molecule has 0 saturated carbocycles. The van der Waals surface area contributed by atoms with Crippen molar-refractivity contribution in [3.63, 3.8) is 0 Å². The SMILES string of the molecule is Br.NCc1ccc(F)c(O)c1. The van der Waals surface area contributed by atoms with E-state index in [0.29, 0.717) is 6.54 Å². The number of phenolic OH excluding ortho intramolecular Hbond substituents is 1. The third kappa shape index (κ3) is 2.48. The van der Waals surface area contributed by atoms with Crippen molar-refractivity contribution < 1.29 is 9.50 Å². The van der Waals surface area contributed by atoms with Crippen molar-refractivity contribution >= 4 is 17.0 Å². The smallest absolute Gasteiger partial charge is 0.164 e. The van der Waals surface area contributed by atoms with Gasteiger partial charge in [-0.05, 0) is 17.7 Å². The van der Waals surface area contributed by atoms with Crippen LogP contribution in [0.4, 0.5) is 4.39 Å². The molecular formula is C7H9BrFNO. The van der Waals surface area contributed by atoms with Crippen molar-refractivity contribution in [1.29, 1.82) is 0 Å². The molecule has 0 aliphatic heterocycles. The zero-order valence-electron chi connectivity index (χ0n) is 5.75. The molecule has 11 heavy (non-hydrogen) atoms. The molecule has 1 aromatic rings. The molecule has 2 nitrogen and oxygen atoms in total. The molecule has 0 heterocycles. The lowest BCUT2D eigenvalue weighted by Gasteiger charge is -1.97. The summed E-state index contributed by atoms with van der Waals surface area (Å²) in [6.07, 6.45) is 0. The molecule has 0 aliphatic rings. The Hall–Kier alpha value is -0.610. The maximum Gasteiger partial charge on any atom is 0.164 e. The van der Waals surface area contributed by atoms with Crippen LogP contribution >= 0.6 is 17.0 Å². The predicted molar refractivity (Wildman–Crippen MR) is 46.3 cm³/mol. The van der Waals surface area contributed by atoms with Crippen molar-refractivity contribution in [3.05, 3.63) is 29.6 Å². The summed E-state index contributed by atoms with van der Waals surface area (Å²) in [6.45, 7) is 0.313. The van der Waals surface area contributed by atoms with Crippen molar-refractivity contribution in [2.75, 3.05) is 0 Å². The average Bonchev–Trinajstić information content (AvgIpc) is 1.95. The highest BCUT2D eigenvalue weighted by molar-refractivity contribution is 8.93. The highest BCUT2D eigenvalue weighted by atomic mass is 79.9. The molecule has 0 unspecified atom stereocenters. The van der Waals surface area contributed by atoms with Gasteiger partial charge >= 0.3 is 0 Å². The van der Waals surface area contributed by atoms with Gasteiger partial charge in [0.15, 0.2) is 11.6 Å². The topological polar surface area (TPSA) is 46.2 Å². The van der Waals surface area contributed by atoms with Crippen LogP contribution < -0.4 is 5.73 Å². The molecule has 0 saturated heterocycles. The number of aromatic hydroxyl groups is 1. The zero-order valence-corrected chi connectivity index (χ0v) is 7.46. The minimum atomic E-state index is -0.614. The molecule has 0 radical (unpaired) electrons. The summed E-state index contributed by atoms with van der Waals surface area (Å²) in [5.74, 6) is -0.958. The lowest BCUT2D eigenvalue weighted by molar-refractivity contribution is 0.431. The Labute approximate surface area is 74.6 Å². The van der Waals surface area contributed by atoms with Crippen LogP contribution in [0, 0.1) is 5.82 Å². The van der Waals surface area contributed by atoms with Gasteiger partial charge in [0.05, 0.1) is 0 Å². The van der Waals surface area contributed by atoms with Gasteiger partial charge < -0.3 is 10.8 Å². The highest BCUT2D eigenvalue weighted by Crippen LogP contribution is 2.15. The maximum atomic E-state index is 12.3. The third-order valence-electron chi connectivity index (χ3n) is 1.25. The fourth-order valence-corrected chi connectivity index (χ4v) is 0.685. The number of phenols is 1. The summed E-state index contributed by atoms with van der Waals surface area (Å²) >= 11 is 0. The van der Waals surface area contributed by atoms with Crippen LogP contribution in [-0.2, 0) is 6.54 Å². The molecular weight excluding hydrogens is 213 g/mol. The lowest BCUT2D eigenvalue weighted by atomic mass is 10.2. The fraction of sp³-hybridized carbons (Fsp3) is 0.143. The van der Waals surface area contributed by atoms with E-state index in [1.54, 1.807) is 0 Å². The normalized spacial score (nSPS) is 8.91. The van der Waals surface area contributed by atoms with E-state index in [1.165, 1.54) is 18.2 Å². The first-order valence-electron chi connectivity index (χ1n) is 2.91. The van der Waals surface area contributed by atoms with Crippen molar-refractivity contribution in [2.45, 2.75) is 6.54 Å². The van der Waals surface area contributed by atoms with Crippen molar-refractivity contribution in [1.82, 2.24) is 0 Å². The van der Waals surface area contributed by atoms with Gasteiger partial charge in [-0.2, -0.15) is 0 Å². The number of hydrogen-bond donors (Lipinski definition) is 2. The Bertz CT molecular complexity index is 242. The summed E-state index contributed by atoms with van der Waals surface area (Å²) in [6, 6.07) is 4.04. The van der Waals surface area contributed by atoms with Crippen LogP contribution in [-0.4, -0.2) is 5.11 Å². The van der Waals surface area contributed by atoms with Crippen molar-refractivity contribution in [2.24, 2.45) is 5.73 Å². The first-order valence-corrected chi connectivity index (χ1v) is 2.91. The second-order valence-corrected chi connectivity index (χ2v) is 1.99. The minimum absolute atomic E-state index is 0. The van der Waals surface area contributed by atoms with Gasteiger partial charge in [-0.15, -0.1) is 17.0 Å². The van der Waals surface area contributed by atoms with Gasteiger partial charge in [0.1, 0.15) is 0 Å². The summed E-state index contributed by atoms with van der Waals surface area (Å²) in [5.41, 5.74) is 5.96. The maximum absolute atomic E-state index is 12.3. The number of nitrogens with two attached hydrogens (primary N) is 1. The highest BCUT2D eigenvalue weighted by Gasteiger charge is 1.98. The monoisotopic (exact) mass is 221 g/mol. The van der Waals surface area contributed by atoms with Gasteiger partial charge in [-0.1, -0.05) is 6.07 Å². The van der Waals surface area contributed by atoms with E-state index in [0.717, 1.165) is 5.56 Å². The molecule has 0 bridgehead atoms. The summed E-state index contributed by atoms with van der Waals surface area (Å²) < 4.78 is 12.3. The predicted octanol–water partition coefficient (Wildman–Crippen LogP) is 1.57. The van der Waals surface area contributed by atoms with Crippen LogP contribution in [0.15, 0.2) is 18.2 Å². The van der Waals surface area contributed by atoms with E-state index in [9.17, 15) is 4.39 Å². The Morgan fingerprint density at radius 1 is 1.45 bits per heavy atom. The van der Waals surface area contributed by atoms with E-state index in [1.807, 2.05) is 0 Å². The fourth-order valence-electron chi connectivity index (χ4n) is 0.685. The summed E-state index contributed by atoms with van der Waals surface area (Å²) in [5, 5.41) is 8.80. The Morgan fingerprint density at radius 2 is 2.09 bits per heavy atom. The van der Waals surface area contributed by atoms with Gasteiger partial charge in [0, 0.05) is 6.54 Å². The molecule has 0 fully saturated rings. The van der Waals surface area contributed by atoms with Crippen LogP contribution in [0.3, 0.4) is 0 Å². The molecule has 62 valence electrons. The molecule has 3 N–H and O–H groups in total. The quantitative estimate of drug-likeness (QED) is 0.757. The van der Waals surface area contributed by atoms with Crippen LogP contribution in [0.2, 0.25) is 0 Å². The van der Waals surface area contributed by atoms with Crippen molar-refractivity contribution in [3.8, 4) is 5.75 Å². The van der Waals surface area contributed by atoms with E-state index in [-0.39, 0.29) is 22.7 Å². The van der Waals surface area contributed by atoms with E-state index < -0.39 is 5.82 Å². The molecule has 0 amide bonds. The molecule has 1 aromatic carbocycles. The molecule has 0 atom stereocenters. The summed E-state index contributed by atoms with van der Waals surface area (Å²) in [4.78, 5) is 0. The summed E-state index contributed by atoms with van der Waals surface area (Å²) in [7, 11) is 0. The molecule has 1 rings (SSSR count).